The lowest BCUT2D eigenvalue weighted by Gasteiger charge is -1.85. The van der Waals surface area contributed by atoms with Gasteiger partial charge in [0.15, 0.2) is 0 Å². The van der Waals surface area contributed by atoms with Gasteiger partial charge in [-0.1, -0.05) is 0 Å². The van der Waals surface area contributed by atoms with Gasteiger partial charge in [-0.05, 0) is 12.1 Å². The van der Waals surface area contributed by atoms with E-state index in [1.165, 1.54) is 23.5 Å². The zero-order valence-electron chi connectivity index (χ0n) is 6.05. The van der Waals surface area contributed by atoms with Gasteiger partial charge in [-0.2, -0.15) is 0 Å². The van der Waals surface area contributed by atoms with E-state index in [1.54, 1.807) is 6.07 Å². The molecule has 0 aliphatic carbocycles. The monoisotopic (exact) mass is 201 g/mol. The molecule has 1 heterocycles. The SMILES string of the molecule is Fc1ccc2sc(CCl)nc2c1. The third kappa shape index (κ3) is 1.30. The number of halogens is 2. The standard InChI is InChI=1S/C8H5ClFNS/c9-4-8-11-6-3-5(10)1-2-7(6)12-8/h1-3H,4H2. The molecule has 0 aliphatic rings. The van der Waals surface area contributed by atoms with Gasteiger partial charge in [0.1, 0.15) is 10.8 Å². The fourth-order valence-corrected chi connectivity index (χ4v) is 2.03. The molecule has 12 heavy (non-hydrogen) atoms. The van der Waals surface area contributed by atoms with E-state index < -0.39 is 0 Å². The minimum atomic E-state index is -0.256. The molecule has 62 valence electrons. The fraction of sp³-hybridized carbons (Fsp3) is 0.125. The normalized spacial score (nSPS) is 10.8. The van der Waals surface area contributed by atoms with Crippen LogP contribution >= 0.6 is 22.9 Å². The van der Waals surface area contributed by atoms with Gasteiger partial charge in [-0.15, -0.1) is 22.9 Å². The maximum Gasteiger partial charge on any atom is 0.125 e. The second kappa shape index (κ2) is 2.99. The summed E-state index contributed by atoms with van der Waals surface area (Å²) in [4.78, 5) is 4.14. The van der Waals surface area contributed by atoms with Crippen molar-refractivity contribution in [2.75, 3.05) is 0 Å². The lowest BCUT2D eigenvalue weighted by atomic mass is 10.3. The number of rotatable bonds is 1. The summed E-state index contributed by atoms with van der Waals surface area (Å²) < 4.78 is 13.7. The molecule has 2 aromatic rings. The van der Waals surface area contributed by atoms with Crippen LogP contribution in [0.15, 0.2) is 18.2 Å². The quantitative estimate of drug-likeness (QED) is 0.646. The van der Waals surface area contributed by atoms with E-state index >= 15 is 0 Å². The van der Waals surface area contributed by atoms with Crippen LogP contribution in [0.2, 0.25) is 0 Å². The Labute approximate surface area is 77.8 Å². The zero-order chi connectivity index (χ0) is 8.55. The van der Waals surface area contributed by atoms with Gasteiger partial charge in [-0.3, -0.25) is 0 Å². The van der Waals surface area contributed by atoms with E-state index in [4.69, 9.17) is 11.6 Å². The Hall–Kier alpha value is -0.670. The lowest BCUT2D eigenvalue weighted by Crippen LogP contribution is -1.74. The Bertz CT molecular complexity index is 412. The van der Waals surface area contributed by atoms with Crippen LogP contribution in [-0.4, -0.2) is 4.98 Å². The largest absolute Gasteiger partial charge is 0.240 e. The van der Waals surface area contributed by atoms with Crippen LogP contribution in [-0.2, 0) is 5.88 Å². The number of hydrogen-bond acceptors (Lipinski definition) is 2. The molecule has 4 heteroatoms. The van der Waals surface area contributed by atoms with Gasteiger partial charge in [0, 0.05) is 6.07 Å². The topological polar surface area (TPSA) is 12.9 Å². The number of benzene rings is 1. The Balaban J connectivity index is 2.67. The van der Waals surface area contributed by atoms with Crippen molar-refractivity contribution >= 4 is 33.2 Å². The number of alkyl halides is 1. The van der Waals surface area contributed by atoms with Crippen LogP contribution < -0.4 is 0 Å². The Morgan fingerprint density at radius 3 is 3.08 bits per heavy atom. The predicted octanol–water partition coefficient (Wildman–Crippen LogP) is 3.17. The molecule has 1 aromatic carbocycles. The molecular weight excluding hydrogens is 197 g/mol. The van der Waals surface area contributed by atoms with Crippen molar-refractivity contribution in [2.24, 2.45) is 0 Å². The first-order valence-electron chi connectivity index (χ1n) is 3.40. The summed E-state index contributed by atoms with van der Waals surface area (Å²) in [6.45, 7) is 0. The summed E-state index contributed by atoms with van der Waals surface area (Å²) in [5.74, 6) is 0.134. The van der Waals surface area contributed by atoms with Crippen molar-refractivity contribution in [1.82, 2.24) is 4.98 Å². The van der Waals surface area contributed by atoms with Gasteiger partial charge in [0.25, 0.3) is 0 Å². The van der Waals surface area contributed by atoms with Crippen molar-refractivity contribution in [3.8, 4) is 0 Å². The smallest absolute Gasteiger partial charge is 0.125 e. The lowest BCUT2D eigenvalue weighted by molar-refractivity contribution is 0.629. The molecule has 1 aromatic heterocycles. The van der Waals surface area contributed by atoms with Crippen LogP contribution in [0.3, 0.4) is 0 Å². The summed E-state index contributed by atoms with van der Waals surface area (Å²) in [6, 6.07) is 4.57. The highest BCUT2D eigenvalue weighted by atomic mass is 35.5. The highest BCUT2D eigenvalue weighted by molar-refractivity contribution is 7.18. The van der Waals surface area contributed by atoms with E-state index in [9.17, 15) is 4.39 Å². The van der Waals surface area contributed by atoms with Crippen molar-refractivity contribution in [3.05, 3.63) is 29.0 Å². The minimum Gasteiger partial charge on any atom is -0.240 e. The molecule has 0 fully saturated rings. The van der Waals surface area contributed by atoms with Gasteiger partial charge in [-0.25, -0.2) is 9.37 Å². The molecule has 0 radical (unpaired) electrons. The molecule has 2 rings (SSSR count). The molecule has 0 saturated heterocycles. The highest BCUT2D eigenvalue weighted by Crippen LogP contribution is 2.23. The van der Waals surface area contributed by atoms with E-state index in [0.29, 0.717) is 11.4 Å². The van der Waals surface area contributed by atoms with Crippen LogP contribution in [0.4, 0.5) is 4.39 Å². The van der Waals surface area contributed by atoms with E-state index in [-0.39, 0.29) is 5.82 Å². The third-order valence-electron chi connectivity index (χ3n) is 1.51. The van der Waals surface area contributed by atoms with Crippen molar-refractivity contribution in [3.63, 3.8) is 0 Å². The summed E-state index contributed by atoms with van der Waals surface area (Å²) in [6.07, 6.45) is 0. The minimum absolute atomic E-state index is 0.256. The summed E-state index contributed by atoms with van der Waals surface area (Å²) >= 11 is 7.09. The molecular formula is C8H5ClFNS. The van der Waals surface area contributed by atoms with Gasteiger partial charge in [0.2, 0.25) is 0 Å². The number of fused-ring (bicyclic) bond motifs is 1. The van der Waals surface area contributed by atoms with Crippen molar-refractivity contribution in [1.29, 1.82) is 0 Å². The zero-order valence-corrected chi connectivity index (χ0v) is 7.62. The van der Waals surface area contributed by atoms with E-state index in [0.717, 1.165) is 9.71 Å². The summed E-state index contributed by atoms with van der Waals surface area (Å²) in [5.41, 5.74) is 0.690. The van der Waals surface area contributed by atoms with Crippen LogP contribution in [0.1, 0.15) is 5.01 Å². The second-order valence-electron chi connectivity index (χ2n) is 2.35. The molecule has 0 spiro atoms. The average Bonchev–Trinajstić information content (AvgIpc) is 2.46. The van der Waals surface area contributed by atoms with Crippen LogP contribution in [0, 0.1) is 5.82 Å². The molecule has 0 N–H and O–H groups in total. The third-order valence-corrected chi connectivity index (χ3v) is 2.96. The Morgan fingerprint density at radius 2 is 2.33 bits per heavy atom. The number of thiazole rings is 1. The fourth-order valence-electron chi connectivity index (χ4n) is 1.01. The molecule has 0 aliphatic heterocycles. The second-order valence-corrected chi connectivity index (χ2v) is 3.74. The Kier molecular flexibility index (Phi) is 1.98. The molecule has 1 nitrogen and oxygen atoms in total. The first-order valence-corrected chi connectivity index (χ1v) is 4.75. The highest BCUT2D eigenvalue weighted by Gasteiger charge is 2.02. The molecule has 0 bridgehead atoms. The molecule has 0 atom stereocenters. The molecule has 0 unspecified atom stereocenters. The van der Waals surface area contributed by atoms with Gasteiger partial charge in [0.05, 0.1) is 16.1 Å². The van der Waals surface area contributed by atoms with Crippen LogP contribution in [0.5, 0.6) is 0 Å². The molecule has 0 amide bonds. The predicted molar refractivity (Wildman–Crippen MR) is 49.1 cm³/mol. The summed E-state index contributed by atoms with van der Waals surface area (Å²) in [5, 5.41) is 0.831. The number of hydrogen-bond donors (Lipinski definition) is 0. The Morgan fingerprint density at radius 1 is 1.50 bits per heavy atom. The first kappa shape index (κ1) is 7.95. The maximum absolute atomic E-state index is 12.7. The average molecular weight is 202 g/mol. The number of aromatic nitrogens is 1. The van der Waals surface area contributed by atoms with Crippen molar-refractivity contribution < 1.29 is 4.39 Å². The van der Waals surface area contributed by atoms with Crippen molar-refractivity contribution in [2.45, 2.75) is 5.88 Å². The van der Waals surface area contributed by atoms with Crippen LogP contribution in [0.25, 0.3) is 10.2 Å². The summed E-state index contributed by atoms with van der Waals surface area (Å²) in [7, 11) is 0. The number of nitrogens with zero attached hydrogens (tertiary/aromatic N) is 1. The van der Waals surface area contributed by atoms with E-state index in [2.05, 4.69) is 4.98 Å². The maximum atomic E-state index is 12.7. The molecule has 0 saturated carbocycles. The first-order chi connectivity index (χ1) is 5.79. The van der Waals surface area contributed by atoms with Gasteiger partial charge >= 0.3 is 0 Å². The van der Waals surface area contributed by atoms with E-state index in [1.807, 2.05) is 0 Å². The van der Waals surface area contributed by atoms with Gasteiger partial charge < -0.3 is 0 Å².